The number of hydrogen-bond acceptors (Lipinski definition) is 3. The van der Waals surface area contributed by atoms with Crippen LogP contribution in [0.5, 0.6) is 0 Å². The standard InChI is InChI=1S/C18H14BrNO2S/c1-12-6-8-13(9-7-12)11-20-17(21)16(23-18(20)22)10-14-4-2-3-5-15(14)19/h2-10H,11H2,1H3/b16-10-. The molecule has 0 aliphatic carbocycles. The maximum atomic E-state index is 12.5. The number of halogens is 1. The Balaban J connectivity index is 1.82. The van der Waals surface area contributed by atoms with E-state index in [4.69, 9.17) is 0 Å². The zero-order valence-corrected chi connectivity index (χ0v) is 14.9. The average Bonchev–Trinajstić information content (AvgIpc) is 2.79. The van der Waals surface area contributed by atoms with E-state index in [1.807, 2.05) is 55.5 Å². The number of imide groups is 1. The summed E-state index contributed by atoms with van der Waals surface area (Å²) in [6.45, 7) is 2.31. The van der Waals surface area contributed by atoms with Crippen molar-refractivity contribution in [2.24, 2.45) is 0 Å². The molecule has 0 radical (unpaired) electrons. The normalized spacial score (nSPS) is 16.4. The molecule has 0 atom stereocenters. The number of amides is 2. The molecule has 2 amide bonds. The third kappa shape index (κ3) is 3.57. The van der Waals surface area contributed by atoms with Crippen molar-refractivity contribution < 1.29 is 9.59 Å². The van der Waals surface area contributed by atoms with Gasteiger partial charge in [-0.25, -0.2) is 0 Å². The summed E-state index contributed by atoms with van der Waals surface area (Å²) in [6, 6.07) is 15.4. The lowest BCUT2D eigenvalue weighted by molar-refractivity contribution is -0.123. The summed E-state index contributed by atoms with van der Waals surface area (Å²) in [7, 11) is 0. The first kappa shape index (κ1) is 16.0. The molecule has 0 N–H and O–H groups in total. The van der Waals surface area contributed by atoms with E-state index in [2.05, 4.69) is 15.9 Å². The molecule has 23 heavy (non-hydrogen) atoms. The van der Waals surface area contributed by atoms with Gasteiger partial charge in [0.15, 0.2) is 0 Å². The Morgan fingerprint density at radius 2 is 1.78 bits per heavy atom. The summed E-state index contributed by atoms with van der Waals surface area (Å²) in [5.41, 5.74) is 2.98. The van der Waals surface area contributed by atoms with Crippen LogP contribution in [0.1, 0.15) is 16.7 Å². The zero-order valence-electron chi connectivity index (χ0n) is 12.5. The van der Waals surface area contributed by atoms with Gasteiger partial charge in [0.2, 0.25) is 0 Å². The third-order valence-electron chi connectivity index (χ3n) is 3.53. The Kier molecular flexibility index (Phi) is 4.68. The second-order valence-corrected chi connectivity index (χ2v) is 7.12. The van der Waals surface area contributed by atoms with Gasteiger partial charge in [-0.05, 0) is 42.0 Å². The molecule has 1 aliphatic heterocycles. The Labute approximate surface area is 147 Å². The molecule has 3 rings (SSSR count). The number of rotatable bonds is 3. The summed E-state index contributed by atoms with van der Waals surface area (Å²) in [5, 5.41) is -0.228. The van der Waals surface area contributed by atoms with Crippen LogP contribution >= 0.6 is 27.7 Å². The predicted octanol–water partition coefficient (Wildman–Crippen LogP) is 4.99. The van der Waals surface area contributed by atoms with Gasteiger partial charge in [0.25, 0.3) is 11.1 Å². The molecule has 116 valence electrons. The molecule has 2 aromatic carbocycles. The van der Waals surface area contributed by atoms with Crippen molar-refractivity contribution in [2.75, 3.05) is 0 Å². The van der Waals surface area contributed by atoms with Crippen molar-refractivity contribution in [1.82, 2.24) is 4.90 Å². The molecule has 1 heterocycles. The van der Waals surface area contributed by atoms with Crippen molar-refractivity contribution in [1.29, 1.82) is 0 Å². The van der Waals surface area contributed by atoms with Crippen molar-refractivity contribution in [3.8, 4) is 0 Å². The smallest absolute Gasteiger partial charge is 0.268 e. The van der Waals surface area contributed by atoms with E-state index in [0.29, 0.717) is 11.4 Å². The van der Waals surface area contributed by atoms with Gasteiger partial charge in [-0.2, -0.15) is 0 Å². The highest BCUT2D eigenvalue weighted by molar-refractivity contribution is 9.10. The molecule has 3 nitrogen and oxygen atoms in total. The van der Waals surface area contributed by atoms with Gasteiger partial charge >= 0.3 is 0 Å². The Morgan fingerprint density at radius 3 is 2.48 bits per heavy atom. The van der Waals surface area contributed by atoms with Crippen LogP contribution in [-0.4, -0.2) is 16.0 Å². The summed E-state index contributed by atoms with van der Waals surface area (Å²) >= 11 is 4.44. The van der Waals surface area contributed by atoms with Crippen molar-refractivity contribution in [3.63, 3.8) is 0 Å². The van der Waals surface area contributed by atoms with Gasteiger partial charge in [0.05, 0.1) is 11.4 Å². The number of nitrogens with zero attached hydrogens (tertiary/aromatic N) is 1. The molecule has 0 saturated carbocycles. The van der Waals surface area contributed by atoms with Crippen molar-refractivity contribution in [2.45, 2.75) is 13.5 Å². The van der Waals surface area contributed by atoms with E-state index in [0.717, 1.165) is 32.9 Å². The van der Waals surface area contributed by atoms with E-state index >= 15 is 0 Å². The van der Waals surface area contributed by atoms with Crippen LogP contribution < -0.4 is 0 Å². The first-order chi connectivity index (χ1) is 11.0. The van der Waals surface area contributed by atoms with Crippen LogP contribution in [0.25, 0.3) is 6.08 Å². The van der Waals surface area contributed by atoms with Gasteiger partial charge in [0.1, 0.15) is 0 Å². The fourth-order valence-electron chi connectivity index (χ4n) is 2.25. The predicted molar refractivity (Wildman–Crippen MR) is 96.8 cm³/mol. The minimum Gasteiger partial charge on any atom is -0.268 e. The highest BCUT2D eigenvalue weighted by Gasteiger charge is 2.35. The Bertz CT molecular complexity index is 799. The Hall–Kier alpha value is -1.85. The molecule has 1 fully saturated rings. The molecule has 0 unspecified atom stereocenters. The third-order valence-corrected chi connectivity index (χ3v) is 5.16. The number of hydrogen-bond donors (Lipinski definition) is 0. The fourth-order valence-corrected chi connectivity index (χ4v) is 3.47. The topological polar surface area (TPSA) is 37.4 Å². The lowest BCUT2D eigenvalue weighted by Gasteiger charge is -2.12. The summed E-state index contributed by atoms with van der Waals surface area (Å²) < 4.78 is 0.894. The molecular formula is C18H14BrNO2S. The lowest BCUT2D eigenvalue weighted by atomic mass is 10.1. The maximum Gasteiger partial charge on any atom is 0.293 e. The molecule has 5 heteroatoms. The summed E-state index contributed by atoms with van der Waals surface area (Å²) in [5.74, 6) is -0.240. The number of benzene rings is 2. The van der Waals surface area contributed by atoms with E-state index in [9.17, 15) is 9.59 Å². The van der Waals surface area contributed by atoms with Crippen molar-refractivity contribution in [3.05, 3.63) is 74.6 Å². The first-order valence-electron chi connectivity index (χ1n) is 7.10. The van der Waals surface area contributed by atoms with Crippen LogP contribution in [0, 0.1) is 6.92 Å². The number of carbonyl (C=O) groups excluding carboxylic acids is 2. The molecule has 0 spiro atoms. The number of carbonyl (C=O) groups is 2. The molecular weight excluding hydrogens is 374 g/mol. The van der Waals surface area contributed by atoms with E-state index in [1.54, 1.807) is 6.08 Å². The maximum absolute atomic E-state index is 12.5. The minimum absolute atomic E-state index is 0.228. The second-order valence-electron chi connectivity index (χ2n) is 5.27. The van der Waals surface area contributed by atoms with Crippen LogP contribution in [0.15, 0.2) is 57.9 Å². The van der Waals surface area contributed by atoms with E-state index < -0.39 is 0 Å². The largest absolute Gasteiger partial charge is 0.293 e. The number of thioether (sulfide) groups is 1. The van der Waals surface area contributed by atoms with Crippen LogP contribution in [0.2, 0.25) is 0 Å². The second kappa shape index (κ2) is 6.72. The first-order valence-corrected chi connectivity index (χ1v) is 8.71. The average molecular weight is 388 g/mol. The van der Waals surface area contributed by atoms with Gasteiger partial charge in [-0.3, -0.25) is 14.5 Å². The number of aryl methyl sites for hydroxylation is 1. The van der Waals surface area contributed by atoms with E-state index in [-0.39, 0.29) is 11.1 Å². The lowest BCUT2D eigenvalue weighted by Crippen LogP contribution is -2.27. The summed E-state index contributed by atoms with van der Waals surface area (Å²) in [4.78, 5) is 26.4. The van der Waals surface area contributed by atoms with Gasteiger partial charge in [-0.1, -0.05) is 64.0 Å². The van der Waals surface area contributed by atoms with Crippen molar-refractivity contribution >= 4 is 44.9 Å². The van der Waals surface area contributed by atoms with Crippen LogP contribution in [-0.2, 0) is 11.3 Å². The monoisotopic (exact) mass is 387 g/mol. The molecule has 0 aromatic heterocycles. The zero-order chi connectivity index (χ0) is 16.4. The molecule has 1 aliphatic rings. The quantitative estimate of drug-likeness (QED) is 0.695. The molecule has 0 bridgehead atoms. The van der Waals surface area contributed by atoms with Crippen LogP contribution in [0.3, 0.4) is 0 Å². The summed E-state index contributed by atoms with van der Waals surface area (Å²) in [6.07, 6.45) is 1.75. The minimum atomic E-state index is -0.240. The Morgan fingerprint density at radius 1 is 1.09 bits per heavy atom. The van der Waals surface area contributed by atoms with E-state index in [1.165, 1.54) is 4.90 Å². The van der Waals surface area contributed by atoms with Crippen LogP contribution in [0.4, 0.5) is 4.79 Å². The highest BCUT2D eigenvalue weighted by atomic mass is 79.9. The molecule has 1 saturated heterocycles. The van der Waals surface area contributed by atoms with Gasteiger partial charge < -0.3 is 0 Å². The molecule has 2 aromatic rings. The van der Waals surface area contributed by atoms with Gasteiger partial charge in [0, 0.05) is 4.47 Å². The van der Waals surface area contributed by atoms with Gasteiger partial charge in [-0.15, -0.1) is 0 Å². The highest BCUT2D eigenvalue weighted by Crippen LogP contribution is 2.34. The SMILES string of the molecule is Cc1ccc(CN2C(=O)S/C(=C\c3ccccc3Br)C2=O)cc1. The fraction of sp³-hybridized carbons (Fsp3) is 0.111.